The van der Waals surface area contributed by atoms with Gasteiger partial charge in [0.1, 0.15) is 11.3 Å². The lowest BCUT2D eigenvalue weighted by Gasteiger charge is -2.32. The minimum atomic E-state index is -1.02. The number of pyridine rings is 1. The number of rotatable bonds is 12. The van der Waals surface area contributed by atoms with Crippen LogP contribution in [0.15, 0.2) is 60.7 Å². The van der Waals surface area contributed by atoms with Gasteiger partial charge in [-0.3, -0.25) is 14.4 Å². The van der Waals surface area contributed by atoms with Crippen molar-refractivity contribution in [2.45, 2.75) is 84.4 Å². The van der Waals surface area contributed by atoms with Crippen molar-refractivity contribution >= 4 is 29.5 Å². The number of ether oxygens (including phenoxy) is 1. The van der Waals surface area contributed by atoms with Gasteiger partial charge in [-0.25, -0.2) is 14.7 Å². The predicted octanol–water partition coefficient (Wildman–Crippen LogP) is 4.11. The van der Waals surface area contributed by atoms with E-state index in [1.54, 1.807) is 37.3 Å². The number of amides is 4. The number of benzene rings is 2. The van der Waals surface area contributed by atoms with Gasteiger partial charge in [0.05, 0.1) is 18.3 Å². The lowest BCUT2D eigenvalue weighted by molar-refractivity contribution is -0.130. The summed E-state index contributed by atoms with van der Waals surface area (Å²) in [6, 6.07) is 16.4. The molecule has 286 valence electrons. The second kappa shape index (κ2) is 17.5. The molecule has 15 heteroatoms. The number of nitrogens with zero attached hydrogens (tertiary/aromatic N) is 5. The lowest BCUT2D eigenvalue weighted by atomic mass is 9.81. The van der Waals surface area contributed by atoms with E-state index >= 15 is 0 Å². The second-order valence-corrected chi connectivity index (χ2v) is 14.8. The maximum absolute atomic E-state index is 14.2. The fraction of sp³-hybridized carbons (Fsp3) is 0.436. The van der Waals surface area contributed by atoms with Crippen molar-refractivity contribution in [1.29, 1.82) is 0 Å². The van der Waals surface area contributed by atoms with Crippen LogP contribution in [0.4, 0.5) is 10.5 Å². The van der Waals surface area contributed by atoms with Gasteiger partial charge < -0.3 is 26.2 Å². The highest BCUT2D eigenvalue weighted by atomic mass is 16.6. The predicted molar refractivity (Wildman–Crippen MR) is 202 cm³/mol. The Kier molecular flexibility index (Phi) is 12.9. The molecule has 0 saturated heterocycles. The van der Waals surface area contributed by atoms with E-state index in [0.717, 1.165) is 16.7 Å². The molecule has 54 heavy (non-hydrogen) atoms. The number of imide groups is 1. The number of nitrogens with two attached hydrogens (primary N) is 1. The van der Waals surface area contributed by atoms with Gasteiger partial charge in [0.15, 0.2) is 0 Å². The molecule has 4 aromatic rings. The molecule has 15 nitrogen and oxygen atoms in total. The SMILES string of the molecule is Cc1nc(C(=O)N[C@H](C)CO)ccc1-c1ccc(C[C@H](N)C(=O)N(C(=O)C2CCC(CNC(=O)OC(C)(C)C)CC2)c2ccc(-c3nn[nH]n3)cc2)cc1. The van der Waals surface area contributed by atoms with Crippen molar-refractivity contribution in [3.05, 3.63) is 77.6 Å². The number of hydrogen-bond donors (Lipinski definition) is 5. The summed E-state index contributed by atoms with van der Waals surface area (Å²) in [6.45, 7) is 9.22. The van der Waals surface area contributed by atoms with Crippen LogP contribution in [-0.2, 0) is 20.7 Å². The molecule has 6 N–H and O–H groups in total. The van der Waals surface area contributed by atoms with Crippen LogP contribution in [0.1, 0.15) is 75.1 Å². The van der Waals surface area contributed by atoms with Gasteiger partial charge in [0.25, 0.3) is 11.8 Å². The van der Waals surface area contributed by atoms with Gasteiger partial charge in [0, 0.05) is 35.3 Å². The topological polar surface area (TPSA) is 218 Å². The van der Waals surface area contributed by atoms with E-state index in [0.29, 0.717) is 55.0 Å². The number of aromatic nitrogens is 5. The largest absolute Gasteiger partial charge is 0.444 e. The van der Waals surface area contributed by atoms with E-state index in [2.05, 4.69) is 36.2 Å². The Morgan fingerprint density at radius 3 is 2.24 bits per heavy atom. The Bertz CT molecular complexity index is 1900. The molecule has 1 aliphatic carbocycles. The van der Waals surface area contributed by atoms with Crippen LogP contribution in [0, 0.1) is 18.8 Å². The summed E-state index contributed by atoms with van der Waals surface area (Å²) < 4.78 is 5.35. The first-order valence-electron chi connectivity index (χ1n) is 18.1. The third-order valence-electron chi connectivity index (χ3n) is 9.31. The highest BCUT2D eigenvalue weighted by molar-refractivity contribution is 6.17. The molecule has 1 saturated carbocycles. The van der Waals surface area contributed by atoms with Crippen molar-refractivity contribution in [2.24, 2.45) is 17.6 Å². The number of aliphatic hydroxyl groups excluding tert-OH is 1. The molecule has 2 atom stereocenters. The molecule has 0 unspecified atom stereocenters. The molecule has 1 fully saturated rings. The normalized spacial score (nSPS) is 16.9. The van der Waals surface area contributed by atoms with Gasteiger partial charge in [0.2, 0.25) is 11.7 Å². The van der Waals surface area contributed by atoms with Crippen molar-refractivity contribution in [1.82, 2.24) is 36.2 Å². The fourth-order valence-corrected chi connectivity index (χ4v) is 6.41. The minimum Gasteiger partial charge on any atom is -0.444 e. The van der Waals surface area contributed by atoms with Crippen molar-refractivity contribution < 1.29 is 29.0 Å². The van der Waals surface area contributed by atoms with Gasteiger partial charge in [-0.05, 0) is 119 Å². The Hall–Kier alpha value is -5.54. The summed E-state index contributed by atoms with van der Waals surface area (Å²) in [5.74, 6) is -1.04. The van der Waals surface area contributed by atoms with E-state index in [-0.39, 0.29) is 42.5 Å². The van der Waals surface area contributed by atoms with E-state index in [1.165, 1.54) is 4.90 Å². The first-order chi connectivity index (χ1) is 25.7. The molecule has 2 aromatic heterocycles. The van der Waals surface area contributed by atoms with Gasteiger partial charge >= 0.3 is 6.09 Å². The summed E-state index contributed by atoms with van der Waals surface area (Å²) in [6.07, 6.45) is 2.24. The summed E-state index contributed by atoms with van der Waals surface area (Å²) in [4.78, 5) is 58.6. The molecule has 0 radical (unpaired) electrons. The van der Waals surface area contributed by atoms with E-state index in [4.69, 9.17) is 10.5 Å². The zero-order valence-corrected chi connectivity index (χ0v) is 31.3. The molecule has 2 aromatic carbocycles. The quantitative estimate of drug-likeness (QED) is 0.139. The summed E-state index contributed by atoms with van der Waals surface area (Å²) in [5.41, 5.74) is 10.5. The number of nitrogens with one attached hydrogen (secondary N) is 3. The van der Waals surface area contributed by atoms with Crippen LogP contribution in [0.2, 0.25) is 0 Å². The van der Waals surface area contributed by atoms with Crippen LogP contribution in [-0.4, -0.2) is 85.4 Å². The zero-order chi connectivity index (χ0) is 39.0. The third kappa shape index (κ3) is 10.3. The molecule has 0 bridgehead atoms. The number of carbonyl (C=O) groups excluding carboxylic acids is 4. The molecular weight excluding hydrogens is 690 g/mol. The number of hydrogen-bond acceptors (Lipinski definition) is 11. The first-order valence-corrected chi connectivity index (χ1v) is 18.1. The highest BCUT2D eigenvalue weighted by Crippen LogP contribution is 2.32. The van der Waals surface area contributed by atoms with Gasteiger partial charge in [-0.15, -0.1) is 10.2 Å². The third-order valence-corrected chi connectivity index (χ3v) is 9.31. The fourth-order valence-electron chi connectivity index (χ4n) is 6.41. The van der Waals surface area contributed by atoms with E-state index in [9.17, 15) is 24.3 Å². The number of aliphatic hydroxyl groups is 1. The Labute approximate surface area is 314 Å². The van der Waals surface area contributed by atoms with Crippen molar-refractivity contribution in [2.75, 3.05) is 18.1 Å². The van der Waals surface area contributed by atoms with Crippen LogP contribution in [0.3, 0.4) is 0 Å². The average Bonchev–Trinajstić information content (AvgIpc) is 3.69. The average molecular weight is 740 g/mol. The number of aromatic amines is 1. The Morgan fingerprint density at radius 1 is 0.981 bits per heavy atom. The number of anilines is 1. The maximum atomic E-state index is 14.2. The van der Waals surface area contributed by atoms with Gasteiger partial charge in [-0.2, -0.15) is 5.21 Å². The number of H-pyrrole nitrogens is 1. The molecule has 0 aliphatic heterocycles. The summed E-state index contributed by atoms with van der Waals surface area (Å²) >= 11 is 0. The van der Waals surface area contributed by atoms with Crippen molar-refractivity contribution in [3.8, 4) is 22.5 Å². The van der Waals surface area contributed by atoms with Gasteiger partial charge in [-0.1, -0.05) is 30.3 Å². The zero-order valence-electron chi connectivity index (χ0n) is 31.3. The highest BCUT2D eigenvalue weighted by Gasteiger charge is 2.35. The number of aryl methyl sites for hydroxylation is 1. The van der Waals surface area contributed by atoms with Crippen LogP contribution in [0.5, 0.6) is 0 Å². The number of carbonyl (C=O) groups is 4. The molecular formula is C39H49N9O6. The number of tetrazole rings is 1. The Morgan fingerprint density at radius 2 is 1.65 bits per heavy atom. The summed E-state index contributed by atoms with van der Waals surface area (Å²) in [5, 5.41) is 28.8. The molecule has 4 amide bonds. The maximum Gasteiger partial charge on any atom is 0.407 e. The molecule has 5 rings (SSSR count). The van der Waals surface area contributed by atoms with Crippen molar-refractivity contribution in [3.63, 3.8) is 0 Å². The molecule has 1 aliphatic rings. The second-order valence-electron chi connectivity index (χ2n) is 14.8. The van der Waals surface area contributed by atoms with Crippen LogP contribution in [0.25, 0.3) is 22.5 Å². The van der Waals surface area contributed by atoms with E-state index in [1.807, 2.05) is 58.0 Å². The van der Waals surface area contributed by atoms with Crippen LogP contribution < -0.4 is 21.3 Å². The monoisotopic (exact) mass is 739 g/mol. The molecule has 2 heterocycles. The number of alkyl carbamates (subject to hydrolysis) is 1. The lowest BCUT2D eigenvalue weighted by Crippen LogP contribution is -2.50. The van der Waals surface area contributed by atoms with E-state index < -0.39 is 29.6 Å². The minimum absolute atomic E-state index is 0.173. The smallest absolute Gasteiger partial charge is 0.407 e. The Balaban J connectivity index is 1.27. The standard InChI is InChI=1S/C39H49N9O6/c1-23(22-49)42-35(50)33-19-18-31(24(2)43-33)27-10-6-25(7-11-27)20-32(40)37(52)48(30-16-14-28(15-17-30)34-44-46-47-45-34)36(51)29-12-8-26(9-13-29)21-41-38(53)54-39(3,4)5/h6-7,10-11,14-19,23,26,29,32,49H,8-9,12-13,20-22,40H2,1-5H3,(H,41,53)(H,42,50)(H,44,45,46,47)/t23-,26?,29?,32+/m1/s1. The summed E-state index contributed by atoms with van der Waals surface area (Å²) in [7, 11) is 0. The first kappa shape index (κ1) is 39.7. The molecule has 0 spiro atoms. The van der Waals surface area contributed by atoms with Crippen LogP contribution >= 0.6 is 0 Å².